The molecule has 0 aromatic carbocycles. The lowest BCUT2D eigenvalue weighted by molar-refractivity contribution is -0.118. The molecule has 0 saturated carbocycles. The second kappa shape index (κ2) is 5.82. The van der Waals surface area contributed by atoms with Gasteiger partial charge >= 0.3 is 0 Å². The zero-order valence-electron chi connectivity index (χ0n) is 7.80. The van der Waals surface area contributed by atoms with Gasteiger partial charge in [-0.3, -0.25) is 4.79 Å². The average molecular weight is 223 g/mol. The normalized spacial score (nSPS) is 9.27. The second-order valence-corrected chi connectivity index (χ2v) is 3.43. The number of rotatable bonds is 4. The summed E-state index contributed by atoms with van der Waals surface area (Å²) in [5.41, 5.74) is 5.53. The summed E-state index contributed by atoms with van der Waals surface area (Å²) in [6.45, 7) is 0.00927. The van der Waals surface area contributed by atoms with Crippen LogP contribution in [0.1, 0.15) is 0 Å². The van der Waals surface area contributed by atoms with Gasteiger partial charge in [0.25, 0.3) is 0 Å². The number of carbonyl (C=O) groups excluding carboxylic acids is 1. The number of anilines is 1. The highest BCUT2D eigenvalue weighted by molar-refractivity contribution is 8.00. The molecule has 0 radical (unpaired) electrons. The molecule has 0 unspecified atom stereocenters. The van der Waals surface area contributed by atoms with Crippen molar-refractivity contribution in [3.05, 3.63) is 12.4 Å². The summed E-state index contributed by atoms with van der Waals surface area (Å²) in [6.07, 6.45) is 2.99. The number of hydrogen-bond donors (Lipinski definition) is 2. The van der Waals surface area contributed by atoms with Gasteiger partial charge in [0.2, 0.25) is 5.91 Å². The number of nitrogens with two attached hydrogens (primary N) is 1. The van der Waals surface area contributed by atoms with E-state index < -0.39 is 0 Å². The quantitative estimate of drug-likeness (QED) is 0.540. The van der Waals surface area contributed by atoms with Crippen LogP contribution in [0.4, 0.5) is 5.82 Å². The molecule has 1 aromatic heterocycles. The minimum absolute atomic E-state index is 0.00927. The first-order valence-corrected chi connectivity index (χ1v) is 5.05. The zero-order chi connectivity index (χ0) is 11.1. The fourth-order valence-electron chi connectivity index (χ4n) is 0.770. The average Bonchev–Trinajstić information content (AvgIpc) is 2.25. The topological polar surface area (TPSA) is 105 Å². The third kappa shape index (κ3) is 3.83. The van der Waals surface area contributed by atoms with Crippen LogP contribution < -0.4 is 11.1 Å². The van der Waals surface area contributed by atoms with Crippen molar-refractivity contribution in [3.8, 4) is 6.07 Å². The third-order valence-electron chi connectivity index (χ3n) is 1.40. The molecule has 0 atom stereocenters. The highest BCUT2D eigenvalue weighted by Crippen LogP contribution is 2.18. The van der Waals surface area contributed by atoms with E-state index in [2.05, 4.69) is 15.3 Å². The largest absolute Gasteiger partial charge is 0.381 e. The van der Waals surface area contributed by atoms with E-state index >= 15 is 0 Å². The molecular weight excluding hydrogens is 214 g/mol. The van der Waals surface area contributed by atoms with Crippen molar-refractivity contribution in [1.82, 2.24) is 15.3 Å². The van der Waals surface area contributed by atoms with Gasteiger partial charge in [0.05, 0.1) is 11.8 Å². The van der Waals surface area contributed by atoms with Gasteiger partial charge in [0, 0.05) is 12.4 Å². The van der Waals surface area contributed by atoms with Crippen LogP contribution in [0.15, 0.2) is 17.4 Å². The number of amides is 1. The first kappa shape index (κ1) is 11.3. The molecule has 0 aliphatic heterocycles. The van der Waals surface area contributed by atoms with Gasteiger partial charge in [-0.15, -0.1) is 0 Å². The maximum atomic E-state index is 11.1. The monoisotopic (exact) mass is 223 g/mol. The second-order valence-electron chi connectivity index (χ2n) is 2.47. The van der Waals surface area contributed by atoms with Crippen molar-refractivity contribution in [3.63, 3.8) is 0 Å². The smallest absolute Gasteiger partial charge is 0.231 e. The molecule has 1 amide bonds. The molecular formula is C8H9N5OS. The Morgan fingerprint density at radius 3 is 3.00 bits per heavy atom. The molecule has 0 aliphatic rings. The van der Waals surface area contributed by atoms with Gasteiger partial charge in [-0.05, 0) is 0 Å². The number of nitrogen functional groups attached to an aromatic ring is 1. The van der Waals surface area contributed by atoms with Crippen LogP contribution >= 0.6 is 11.8 Å². The molecule has 15 heavy (non-hydrogen) atoms. The van der Waals surface area contributed by atoms with Gasteiger partial charge in [0.15, 0.2) is 5.82 Å². The molecule has 1 heterocycles. The Bertz CT molecular complexity index is 389. The lowest BCUT2D eigenvalue weighted by atomic mass is 10.6. The van der Waals surface area contributed by atoms with E-state index in [4.69, 9.17) is 11.0 Å². The van der Waals surface area contributed by atoms with E-state index in [-0.39, 0.29) is 18.2 Å². The lowest BCUT2D eigenvalue weighted by Crippen LogP contribution is -2.25. The van der Waals surface area contributed by atoms with Crippen LogP contribution in [0.2, 0.25) is 0 Å². The zero-order valence-corrected chi connectivity index (χ0v) is 8.62. The Morgan fingerprint density at radius 1 is 1.60 bits per heavy atom. The molecule has 0 spiro atoms. The van der Waals surface area contributed by atoms with Crippen molar-refractivity contribution in [1.29, 1.82) is 5.26 Å². The molecule has 0 saturated heterocycles. The minimum Gasteiger partial charge on any atom is -0.381 e. The molecule has 0 bridgehead atoms. The summed E-state index contributed by atoms with van der Waals surface area (Å²) >= 11 is 1.19. The van der Waals surface area contributed by atoms with E-state index in [1.165, 1.54) is 24.2 Å². The number of aromatic nitrogens is 2. The van der Waals surface area contributed by atoms with Crippen molar-refractivity contribution in [2.45, 2.75) is 5.03 Å². The van der Waals surface area contributed by atoms with Gasteiger partial charge in [0.1, 0.15) is 11.6 Å². The van der Waals surface area contributed by atoms with Crippen LogP contribution in [0.3, 0.4) is 0 Å². The summed E-state index contributed by atoms with van der Waals surface area (Å²) in [6, 6.07) is 1.81. The standard InChI is InChI=1S/C8H9N5OS/c9-1-2-11-6(14)5-15-8-7(10)12-3-4-13-8/h3-4H,2,5H2,(H2,10,12)(H,11,14). The molecule has 1 aromatic rings. The van der Waals surface area contributed by atoms with E-state index in [0.29, 0.717) is 10.8 Å². The Morgan fingerprint density at radius 2 is 2.33 bits per heavy atom. The van der Waals surface area contributed by atoms with Crippen molar-refractivity contribution in [2.75, 3.05) is 18.0 Å². The van der Waals surface area contributed by atoms with Gasteiger partial charge in [-0.2, -0.15) is 5.26 Å². The van der Waals surface area contributed by atoms with Gasteiger partial charge in [-0.25, -0.2) is 9.97 Å². The first-order valence-electron chi connectivity index (χ1n) is 4.07. The fraction of sp³-hybridized carbons (Fsp3) is 0.250. The molecule has 1 rings (SSSR count). The molecule has 0 aliphatic carbocycles. The van der Waals surface area contributed by atoms with E-state index in [1.54, 1.807) is 0 Å². The summed E-state index contributed by atoms with van der Waals surface area (Å²) in [4.78, 5) is 18.9. The lowest BCUT2D eigenvalue weighted by Gasteiger charge is -2.02. The Kier molecular flexibility index (Phi) is 4.37. The van der Waals surface area contributed by atoms with E-state index in [1.807, 2.05) is 6.07 Å². The first-order chi connectivity index (χ1) is 7.24. The SMILES string of the molecule is N#CCNC(=O)CSc1nccnc1N. The molecule has 3 N–H and O–H groups in total. The number of carbonyl (C=O) groups is 1. The third-order valence-corrected chi connectivity index (χ3v) is 2.39. The van der Waals surface area contributed by atoms with Crippen LogP contribution in [0.5, 0.6) is 0 Å². The molecule has 6 nitrogen and oxygen atoms in total. The number of hydrogen-bond acceptors (Lipinski definition) is 6. The Balaban J connectivity index is 2.41. The van der Waals surface area contributed by atoms with Crippen LogP contribution in [-0.4, -0.2) is 28.2 Å². The van der Waals surface area contributed by atoms with Crippen molar-refractivity contribution < 1.29 is 4.79 Å². The summed E-state index contributed by atoms with van der Waals surface area (Å²) in [7, 11) is 0. The van der Waals surface area contributed by atoms with Crippen LogP contribution in [0, 0.1) is 11.3 Å². The fourth-order valence-corrected chi connectivity index (χ4v) is 1.48. The number of nitrogens with one attached hydrogen (secondary N) is 1. The molecule has 0 fully saturated rings. The minimum atomic E-state index is -0.230. The maximum Gasteiger partial charge on any atom is 0.231 e. The summed E-state index contributed by atoms with van der Waals surface area (Å²) in [5, 5.41) is 11.2. The number of nitrogens with zero attached hydrogens (tertiary/aromatic N) is 3. The number of nitriles is 1. The highest BCUT2D eigenvalue weighted by atomic mass is 32.2. The van der Waals surface area contributed by atoms with E-state index in [9.17, 15) is 4.79 Å². The van der Waals surface area contributed by atoms with Crippen LogP contribution in [0.25, 0.3) is 0 Å². The molecule has 7 heteroatoms. The van der Waals surface area contributed by atoms with E-state index in [0.717, 1.165) is 0 Å². The summed E-state index contributed by atoms with van der Waals surface area (Å²) < 4.78 is 0. The highest BCUT2D eigenvalue weighted by Gasteiger charge is 2.05. The summed E-state index contributed by atoms with van der Waals surface area (Å²) in [5.74, 6) is 0.243. The number of thioether (sulfide) groups is 1. The maximum absolute atomic E-state index is 11.1. The van der Waals surface area contributed by atoms with Crippen LogP contribution in [-0.2, 0) is 4.79 Å². The Labute approximate surface area is 90.9 Å². The van der Waals surface area contributed by atoms with Crippen molar-refractivity contribution >= 4 is 23.5 Å². The van der Waals surface area contributed by atoms with Gasteiger partial charge in [-0.1, -0.05) is 11.8 Å². The van der Waals surface area contributed by atoms with Crippen molar-refractivity contribution in [2.24, 2.45) is 0 Å². The Hall–Kier alpha value is -1.81. The predicted octanol–water partition coefficient (Wildman–Crippen LogP) is -0.209. The molecule has 78 valence electrons. The van der Waals surface area contributed by atoms with Gasteiger partial charge < -0.3 is 11.1 Å². The predicted molar refractivity (Wildman–Crippen MR) is 55.8 cm³/mol.